The van der Waals surface area contributed by atoms with E-state index in [0.717, 1.165) is 6.07 Å². The number of aromatic nitrogens is 3. The molecule has 2 heterocycles. The minimum atomic E-state index is -4.51. The van der Waals surface area contributed by atoms with E-state index in [1.165, 1.54) is 12.3 Å². The van der Waals surface area contributed by atoms with Crippen molar-refractivity contribution in [1.82, 2.24) is 15.2 Å². The molecule has 17 heavy (non-hydrogen) atoms. The van der Waals surface area contributed by atoms with E-state index < -0.39 is 17.8 Å². The summed E-state index contributed by atoms with van der Waals surface area (Å²) in [5, 5.41) is 13.9. The lowest BCUT2D eigenvalue weighted by Gasteiger charge is -1.99. The van der Waals surface area contributed by atoms with E-state index in [9.17, 15) is 18.0 Å². The maximum Gasteiger partial charge on any atom is 0.432 e. The Morgan fingerprint density at radius 1 is 1.35 bits per heavy atom. The number of H-pyrrole nitrogens is 2. The van der Waals surface area contributed by atoms with Gasteiger partial charge >= 0.3 is 12.1 Å². The van der Waals surface area contributed by atoms with Crippen LogP contribution in [0.3, 0.4) is 0 Å². The lowest BCUT2D eigenvalue weighted by atomic mass is 10.2. The van der Waals surface area contributed by atoms with Crippen LogP contribution in [-0.2, 0) is 6.18 Å². The predicted molar refractivity (Wildman–Crippen MR) is 50.3 cm³/mol. The third kappa shape index (κ3) is 2.14. The fourth-order valence-corrected chi connectivity index (χ4v) is 1.27. The third-order valence-corrected chi connectivity index (χ3v) is 2.09. The smallest absolute Gasteiger partial charge is 0.432 e. The summed E-state index contributed by atoms with van der Waals surface area (Å²) >= 11 is 0. The molecule has 8 heteroatoms. The quantitative estimate of drug-likeness (QED) is 0.757. The molecule has 0 atom stereocenters. The van der Waals surface area contributed by atoms with Crippen LogP contribution in [0.1, 0.15) is 16.1 Å². The van der Waals surface area contributed by atoms with Gasteiger partial charge in [0.1, 0.15) is 11.4 Å². The monoisotopic (exact) mass is 245 g/mol. The first kappa shape index (κ1) is 11.2. The second-order valence-corrected chi connectivity index (χ2v) is 3.27. The van der Waals surface area contributed by atoms with E-state index in [1.807, 2.05) is 5.10 Å². The molecule has 2 rings (SSSR count). The van der Waals surface area contributed by atoms with Crippen molar-refractivity contribution in [2.45, 2.75) is 6.18 Å². The van der Waals surface area contributed by atoms with Crippen molar-refractivity contribution in [2.24, 2.45) is 0 Å². The van der Waals surface area contributed by atoms with Gasteiger partial charge in [-0.1, -0.05) is 0 Å². The highest BCUT2D eigenvalue weighted by Crippen LogP contribution is 2.30. The van der Waals surface area contributed by atoms with Gasteiger partial charge in [0.25, 0.3) is 0 Å². The molecule has 2 aromatic heterocycles. The maximum absolute atomic E-state index is 12.3. The standard InChI is InChI=1S/C9H6F3N3O2/c10-9(11,12)7-2-6(14-15-7)5-1-4(3-13-5)8(16)17/h1-3,13H,(H,14,15)(H,16,17). The van der Waals surface area contributed by atoms with Crippen LogP contribution in [0.4, 0.5) is 13.2 Å². The molecule has 0 saturated carbocycles. The van der Waals surface area contributed by atoms with Crippen molar-refractivity contribution in [1.29, 1.82) is 0 Å². The van der Waals surface area contributed by atoms with Crippen LogP contribution in [-0.4, -0.2) is 26.3 Å². The molecule has 2 aromatic rings. The van der Waals surface area contributed by atoms with E-state index in [-0.39, 0.29) is 17.0 Å². The van der Waals surface area contributed by atoms with E-state index in [2.05, 4.69) is 10.1 Å². The van der Waals surface area contributed by atoms with Gasteiger partial charge in [0.05, 0.1) is 11.3 Å². The Labute approximate surface area is 92.3 Å². The highest BCUT2D eigenvalue weighted by atomic mass is 19.4. The number of hydrogen-bond acceptors (Lipinski definition) is 2. The first-order valence-electron chi connectivity index (χ1n) is 4.42. The Morgan fingerprint density at radius 2 is 2.06 bits per heavy atom. The highest BCUT2D eigenvalue weighted by molar-refractivity contribution is 5.88. The molecule has 0 bridgehead atoms. The number of nitrogens with one attached hydrogen (secondary N) is 2. The molecule has 0 aliphatic carbocycles. The highest BCUT2D eigenvalue weighted by Gasteiger charge is 2.33. The van der Waals surface area contributed by atoms with Crippen molar-refractivity contribution in [3.63, 3.8) is 0 Å². The maximum atomic E-state index is 12.3. The average molecular weight is 245 g/mol. The predicted octanol–water partition coefficient (Wildman–Crippen LogP) is 2.12. The lowest BCUT2D eigenvalue weighted by molar-refractivity contribution is -0.141. The number of carboxylic acids is 1. The summed E-state index contributed by atoms with van der Waals surface area (Å²) < 4.78 is 36.8. The summed E-state index contributed by atoms with van der Waals surface area (Å²) in [5.74, 6) is -1.17. The minimum absolute atomic E-state index is 0.00447. The number of aromatic carboxylic acids is 1. The number of hydrogen-bond donors (Lipinski definition) is 3. The Bertz CT molecular complexity index is 556. The third-order valence-electron chi connectivity index (χ3n) is 2.09. The summed E-state index contributed by atoms with van der Waals surface area (Å²) in [5.41, 5.74) is -0.825. The molecule has 3 N–H and O–H groups in total. The molecule has 0 spiro atoms. The summed E-state index contributed by atoms with van der Waals surface area (Å²) in [6, 6.07) is 2.01. The molecule has 0 unspecified atom stereocenters. The van der Waals surface area contributed by atoms with Crippen molar-refractivity contribution in [2.75, 3.05) is 0 Å². The van der Waals surface area contributed by atoms with E-state index in [1.54, 1.807) is 0 Å². The number of rotatable bonds is 2. The second kappa shape index (κ2) is 3.65. The molecule has 90 valence electrons. The molecular weight excluding hydrogens is 239 g/mol. The SMILES string of the molecule is O=C(O)c1c[nH]c(-c2cc(C(F)(F)F)[nH]n2)c1. The van der Waals surface area contributed by atoms with Crippen LogP contribution in [0.5, 0.6) is 0 Å². The van der Waals surface area contributed by atoms with Crippen LogP contribution < -0.4 is 0 Å². The van der Waals surface area contributed by atoms with Gasteiger partial charge in [-0.15, -0.1) is 0 Å². The molecule has 0 radical (unpaired) electrons. The van der Waals surface area contributed by atoms with Crippen molar-refractivity contribution < 1.29 is 23.1 Å². The van der Waals surface area contributed by atoms with Crippen LogP contribution in [0.2, 0.25) is 0 Å². The number of aromatic amines is 2. The molecule has 0 fully saturated rings. The number of nitrogens with zero attached hydrogens (tertiary/aromatic N) is 1. The fourth-order valence-electron chi connectivity index (χ4n) is 1.27. The molecule has 0 saturated heterocycles. The van der Waals surface area contributed by atoms with Crippen molar-refractivity contribution in [3.05, 3.63) is 29.6 Å². The first-order valence-corrected chi connectivity index (χ1v) is 4.42. The Morgan fingerprint density at radius 3 is 2.53 bits per heavy atom. The van der Waals surface area contributed by atoms with Crippen LogP contribution in [0.25, 0.3) is 11.4 Å². The number of carboxylic acid groups (broad SMARTS) is 1. The normalized spacial score (nSPS) is 11.7. The van der Waals surface area contributed by atoms with Gasteiger partial charge in [-0.3, -0.25) is 5.10 Å². The zero-order chi connectivity index (χ0) is 12.6. The molecule has 0 aliphatic heterocycles. The number of halogens is 3. The minimum Gasteiger partial charge on any atom is -0.478 e. The molecule has 5 nitrogen and oxygen atoms in total. The van der Waals surface area contributed by atoms with Crippen molar-refractivity contribution in [3.8, 4) is 11.4 Å². The van der Waals surface area contributed by atoms with Gasteiger partial charge in [0.15, 0.2) is 0 Å². The van der Waals surface area contributed by atoms with Crippen LogP contribution in [0.15, 0.2) is 18.3 Å². The average Bonchev–Trinajstić information content (AvgIpc) is 2.85. The van der Waals surface area contributed by atoms with E-state index >= 15 is 0 Å². The van der Waals surface area contributed by atoms with Crippen molar-refractivity contribution >= 4 is 5.97 Å². The van der Waals surface area contributed by atoms with Gasteiger partial charge in [-0.2, -0.15) is 18.3 Å². The Kier molecular flexibility index (Phi) is 2.41. The zero-order valence-corrected chi connectivity index (χ0v) is 8.17. The Balaban J connectivity index is 2.34. The summed E-state index contributed by atoms with van der Waals surface area (Å²) in [4.78, 5) is 13.1. The van der Waals surface area contributed by atoms with Gasteiger partial charge in [0.2, 0.25) is 0 Å². The number of alkyl halides is 3. The van der Waals surface area contributed by atoms with Gasteiger partial charge in [-0.25, -0.2) is 4.79 Å². The summed E-state index contributed by atoms with van der Waals surface area (Å²) in [7, 11) is 0. The van der Waals surface area contributed by atoms with E-state index in [0.29, 0.717) is 0 Å². The fraction of sp³-hybridized carbons (Fsp3) is 0.111. The molecular formula is C9H6F3N3O2. The molecule has 0 aliphatic rings. The first-order chi connectivity index (χ1) is 7.88. The summed E-state index contributed by atoms with van der Waals surface area (Å²) in [6.45, 7) is 0. The largest absolute Gasteiger partial charge is 0.478 e. The van der Waals surface area contributed by atoms with Gasteiger partial charge in [0, 0.05) is 6.20 Å². The van der Waals surface area contributed by atoms with E-state index in [4.69, 9.17) is 5.11 Å². The second-order valence-electron chi connectivity index (χ2n) is 3.27. The van der Waals surface area contributed by atoms with Gasteiger partial charge < -0.3 is 10.1 Å². The number of carbonyl (C=O) groups is 1. The Hall–Kier alpha value is -2.25. The summed E-state index contributed by atoms with van der Waals surface area (Å²) in [6.07, 6.45) is -3.33. The van der Waals surface area contributed by atoms with Gasteiger partial charge in [-0.05, 0) is 12.1 Å². The van der Waals surface area contributed by atoms with Crippen LogP contribution in [0, 0.1) is 0 Å². The molecule has 0 amide bonds. The lowest BCUT2D eigenvalue weighted by Crippen LogP contribution is -2.04. The molecule has 0 aromatic carbocycles. The topological polar surface area (TPSA) is 81.8 Å². The van der Waals surface area contributed by atoms with Crippen LogP contribution >= 0.6 is 0 Å². The zero-order valence-electron chi connectivity index (χ0n) is 8.17.